The van der Waals surface area contributed by atoms with Gasteiger partial charge in [0.15, 0.2) is 0 Å². The Morgan fingerprint density at radius 3 is 2.59 bits per heavy atom. The molecule has 0 aliphatic heterocycles. The number of alkyl halides is 1. The molecule has 17 heavy (non-hydrogen) atoms. The Balaban J connectivity index is 2.69. The zero-order valence-corrected chi connectivity index (χ0v) is 13.4. The minimum Gasteiger partial charge on any atom is -0.282 e. The van der Waals surface area contributed by atoms with Crippen LogP contribution in [0, 0.1) is 3.57 Å². The maximum atomic E-state index is 11.7. The summed E-state index contributed by atoms with van der Waals surface area (Å²) in [6, 6.07) is 5.16. The molecule has 0 saturated carbocycles. The van der Waals surface area contributed by atoms with Crippen molar-refractivity contribution in [2.45, 2.75) is 12.8 Å². The number of hydrogen-bond acceptors (Lipinski definition) is 2. The first-order valence-electron chi connectivity index (χ1n) is 4.96. The van der Waals surface area contributed by atoms with Crippen molar-refractivity contribution in [2.75, 3.05) is 16.4 Å². The summed E-state index contributed by atoms with van der Waals surface area (Å²) in [6.45, 7) is 0. The van der Waals surface area contributed by atoms with Gasteiger partial charge in [-0.3, -0.25) is 4.72 Å². The molecule has 7 heteroatoms. The van der Waals surface area contributed by atoms with E-state index >= 15 is 0 Å². The van der Waals surface area contributed by atoms with Gasteiger partial charge < -0.3 is 0 Å². The van der Waals surface area contributed by atoms with Crippen LogP contribution in [0.3, 0.4) is 0 Å². The summed E-state index contributed by atoms with van der Waals surface area (Å²) >= 11 is 13.6. The number of hydrogen-bond donors (Lipinski definition) is 1. The Kier molecular flexibility index (Phi) is 6.33. The number of nitrogens with one attached hydrogen (secondary N) is 1. The summed E-state index contributed by atoms with van der Waals surface area (Å²) in [4.78, 5) is 0. The first kappa shape index (κ1) is 15.3. The van der Waals surface area contributed by atoms with Gasteiger partial charge in [0, 0.05) is 9.45 Å². The highest BCUT2D eigenvalue weighted by molar-refractivity contribution is 14.1. The summed E-state index contributed by atoms with van der Waals surface area (Å²) in [5, 5.41) is 0.401. The molecule has 0 saturated heterocycles. The highest BCUT2D eigenvalue weighted by Gasteiger charge is 2.12. The van der Waals surface area contributed by atoms with E-state index in [1.54, 1.807) is 18.2 Å². The maximum absolute atomic E-state index is 11.7. The third-order valence-electron chi connectivity index (χ3n) is 1.99. The van der Waals surface area contributed by atoms with Crippen LogP contribution < -0.4 is 4.72 Å². The molecule has 0 spiro atoms. The Hall–Kier alpha value is 0.280. The molecular formula is C10H12Cl2INO2S. The summed E-state index contributed by atoms with van der Waals surface area (Å²) < 4.78 is 26.8. The average molecular weight is 408 g/mol. The molecular weight excluding hydrogens is 396 g/mol. The SMILES string of the molecule is O=S(=O)(CCCCCl)Nc1ccc(I)cc1Cl. The molecule has 0 unspecified atom stereocenters. The van der Waals surface area contributed by atoms with Crippen LogP contribution in [0.5, 0.6) is 0 Å². The lowest BCUT2D eigenvalue weighted by Gasteiger charge is -2.09. The first-order valence-corrected chi connectivity index (χ1v) is 8.60. The molecule has 0 aliphatic rings. The van der Waals surface area contributed by atoms with Gasteiger partial charge in [-0.05, 0) is 53.6 Å². The fraction of sp³-hybridized carbons (Fsp3) is 0.400. The minimum atomic E-state index is -3.34. The summed E-state index contributed by atoms with van der Waals surface area (Å²) in [5.74, 6) is 0.530. The molecule has 1 aromatic rings. The molecule has 0 radical (unpaired) electrons. The molecule has 0 aromatic heterocycles. The largest absolute Gasteiger partial charge is 0.282 e. The Morgan fingerprint density at radius 1 is 1.29 bits per heavy atom. The van der Waals surface area contributed by atoms with E-state index in [-0.39, 0.29) is 5.75 Å². The first-order chi connectivity index (χ1) is 7.94. The summed E-state index contributed by atoms with van der Waals surface area (Å²) in [5.41, 5.74) is 0.415. The quantitative estimate of drug-likeness (QED) is 0.444. The molecule has 1 N–H and O–H groups in total. The van der Waals surface area contributed by atoms with E-state index in [1.807, 2.05) is 0 Å². The average Bonchev–Trinajstić information content (AvgIpc) is 2.22. The maximum Gasteiger partial charge on any atom is 0.232 e. The predicted molar refractivity (Wildman–Crippen MR) is 81.5 cm³/mol. The van der Waals surface area contributed by atoms with Gasteiger partial charge in [0.2, 0.25) is 10.0 Å². The molecule has 1 aromatic carbocycles. The molecule has 0 amide bonds. The van der Waals surface area contributed by atoms with Gasteiger partial charge in [-0.25, -0.2) is 8.42 Å². The number of unbranched alkanes of at least 4 members (excludes halogenated alkanes) is 1. The van der Waals surface area contributed by atoms with Gasteiger partial charge in [0.1, 0.15) is 0 Å². The van der Waals surface area contributed by atoms with Crippen LogP contribution in [-0.4, -0.2) is 20.1 Å². The highest BCUT2D eigenvalue weighted by Crippen LogP contribution is 2.24. The van der Waals surface area contributed by atoms with Crippen molar-refractivity contribution in [1.29, 1.82) is 0 Å². The van der Waals surface area contributed by atoms with E-state index in [0.717, 1.165) is 3.57 Å². The molecule has 0 heterocycles. The van der Waals surface area contributed by atoms with E-state index in [4.69, 9.17) is 23.2 Å². The monoisotopic (exact) mass is 407 g/mol. The van der Waals surface area contributed by atoms with Crippen LogP contribution in [0.25, 0.3) is 0 Å². The molecule has 96 valence electrons. The lowest BCUT2D eigenvalue weighted by atomic mass is 10.3. The lowest BCUT2D eigenvalue weighted by Crippen LogP contribution is -2.17. The van der Waals surface area contributed by atoms with E-state index in [0.29, 0.717) is 29.4 Å². The Morgan fingerprint density at radius 2 is 2.00 bits per heavy atom. The summed E-state index contributed by atoms with van der Waals surface area (Å²) in [6.07, 6.45) is 1.23. The number of anilines is 1. The van der Waals surface area contributed by atoms with Crippen LogP contribution in [0.15, 0.2) is 18.2 Å². The number of halogens is 3. The second-order valence-electron chi connectivity index (χ2n) is 3.44. The van der Waals surface area contributed by atoms with Crippen LogP contribution in [-0.2, 0) is 10.0 Å². The number of sulfonamides is 1. The van der Waals surface area contributed by atoms with Crippen molar-refractivity contribution >= 4 is 61.5 Å². The topological polar surface area (TPSA) is 46.2 Å². The minimum absolute atomic E-state index is 0.0576. The smallest absolute Gasteiger partial charge is 0.232 e. The van der Waals surface area contributed by atoms with Crippen molar-refractivity contribution < 1.29 is 8.42 Å². The molecule has 0 bridgehead atoms. The van der Waals surface area contributed by atoms with Crippen molar-refractivity contribution in [3.8, 4) is 0 Å². The number of rotatable bonds is 6. The van der Waals surface area contributed by atoms with Crippen molar-refractivity contribution in [3.63, 3.8) is 0 Å². The van der Waals surface area contributed by atoms with E-state index < -0.39 is 10.0 Å². The van der Waals surface area contributed by atoms with Crippen molar-refractivity contribution in [1.82, 2.24) is 0 Å². The zero-order chi connectivity index (χ0) is 12.9. The van der Waals surface area contributed by atoms with Crippen LogP contribution in [0.2, 0.25) is 5.02 Å². The van der Waals surface area contributed by atoms with Gasteiger partial charge in [0.05, 0.1) is 16.5 Å². The fourth-order valence-corrected chi connectivity index (χ4v) is 3.52. The van der Waals surface area contributed by atoms with Gasteiger partial charge in [-0.1, -0.05) is 11.6 Å². The molecule has 0 atom stereocenters. The van der Waals surface area contributed by atoms with Crippen molar-refractivity contribution in [2.24, 2.45) is 0 Å². The normalized spacial score (nSPS) is 11.5. The van der Waals surface area contributed by atoms with Crippen molar-refractivity contribution in [3.05, 3.63) is 26.8 Å². The standard InChI is InChI=1S/C10H12Cl2INO2S/c11-5-1-2-6-17(15,16)14-10-4-3-8(13)7-9(10)12/h3-4,7,14H,1-2,5-6H2. The molecule has 3 nitrogen and oxygen atoms in total. The van der Waals surface area contributed by atoms with E-state index in [2.05, 4.69) is 27.3 Å². The summed E-state index contributed by atoms with van der Waals surface area (Å²) in [7, 11) is -3.34. The lowest BCUT2D eigenvalue weighted by molar-refractivity contribution is 0.598. The molecule has 0 aliphatic carbocycles. The van der Waals surface area contributed by atoms with Crippen LogP contribution in [0.1, 0.15) is 12.8 Å². The van der Waals surface area contributed by atoms with E-state index in [1.165, 1.54) is 0 Å². The third kappa shape index (κ3) is 5.63. The van der Waals surface area contributed by atoms with Crippen LogP contribution >= 0.6 is 45.8 Å². The highest BCUT2D eigenvalue weighted by atomic mass is 127. The van der Waals surface area contributed by atoms with Gasteiger partial charge in [-0.15, -0.1) is 11.6 Å². The Bertz CT molecular complexity index is 479. The third-order valence-corrected chi connectivity index (χ3v) is 4.60. The van der Waals surface area contributed by atoms with Gasteiger partial charge >= 0.3 is 0 Å². The molecule has 0 fully saturated rings. The second kappa shape index (κ2) is 7.01. The number of benzene rings is 1. The zero-order valence-electron chi connectivity index (χ0n) is 8.92. The van der Waals surface area contributed by atoms with Gasteiger partial charge in [-0.2, -0.15) is 0 Å². The fourth-order valence-electron chi connectivity index (χ4n) is 1.18. The molecule has 1 rings (SSSR count). The van der Waals surface area contributed by atoms with Gasteiger partial charge in [0.25, 0.3) is 0 Å². The Labute approximate surface area is 125 Å². The van der Waals surface area contributed by atoms with Crippen LogP contribution in [0.4, 0.5) is 5.69 Å². The predicted octanol–water partition coefficient (Wildman–Crippen LogP) is 3.71. The van der Waals surface area contributed by atoms with E-state index in [9.17, 15) is 8.42 Å². The second-order valence-corrected chi connectivity index (χ2v) is 7.31.